The van der Waals surface area contributed by atoms with Crippen LogP contribution in [-0.4, -0.2) is 27.5 Å². The topological polar surface area (TPSA) is 84.5 Å². The van der Waals surface area contributed by atoms with Gasteiger partial charge in [0, 0.05) is 35.3 Å². The summed E-state index contributed by atoms with van der Waals surface area (Å²) in [6, 6.07) is 11.6. The Morgan fingerprint density at radius 2 is 1.84 bits per heavy atom. The molecular weight excluding hydrogens is 439 g/mol. The van der Waals surface area contributed by atoms with E-state index in [9.17, 15) is 17.6 Å². The summed E-state index contributed by atoms with van der Waals surface area (Å²) in [5.41, 5.74) is 1.82. The number of carbonyl (C=O) groups is 1. The summed E-state index contributed by atoms with van der Waals surface area (Å²) in [5.74, 6) is -0.932. The molecular formula is C22H25FN2O4S2. The maximum atomic E-state index is 14.4. The first kappa shape index (κ1) is 23.3. The Labute approximate surface area is 185 Å². The molecule has 166 valence electrons. The van der Waals surface area contributed by atoms with Crippen LogP contribution in [0.2, 0.25) is 0 Å². The molecule has 1 amide bonds. The summed E-state index contributed by atoms with van der Waals surface area (Å²) in [7, 11) is -2.01. The van der Waals surface area contributed by atoms with Gasteiger partial charge in [-0.3, -0.25) is 4.79 Å². The molecule has 0 atom stereocenters. The first-order valence-corrected chi connectivity index (χ1v) is 12.2. The number of carbonyl (C=O) groups excluding carboxylic acids is 1. The van der Waals surface area contributed by atoms with E-state index >= 15 is 0 Å². The van der Waals surface area contributed by atoms with E-state index < -0.39 is 15.8 Å². The van der Waals surface area contributed by atoms with Crippen molar-refractivity contribution in [3.05, 3.63) is 69.8 Å². The van der Waals surface area contributed by atoms with Crippen LogP contribution in [0.3, 0.4) is 0 Å². The van der Waals surface area contributed by atoms with Crippen molar-refractivity contribution in [1.29, 1.82) is 0 Å². The minimum Gasteiger partial charge on any atom is -0.380 e. The van der Waals surface area contributed by atoms with Gasteiger partial charge in [-0.1, -0.05) is 30.3 Å². The number of sulfonamides is 1. The van der Waals surface area contributed by atoms with Crippen LogP contribution in [0, 0.1) is 5.82 Å². The maximum Gasteiger partial charge on any atom is 0.262 e. The van der Waals surface area contributed by atoms with E-state index in [0.717, 1.165) is 0 Å². The molecule has 0 fully saturated rings. The van der Waals surface area contributed by atoms with Crippen molar-refractivity contribution < 1.29 is 22.3 Å². The summed E-state index contributed by atoms with van der Waals surface area (Å²) in [5, 5.41) is 3.23. The predicted molar refractivity (Wildman–Crippen MR) is 121 cm³/mol. The first-order chi connectivity index (χ1) is 14.7. The van der Waals surface area contributed by atoms with Crippen LogP contribution in [0.4, 0.5) is 4.39 Å². The number of rotatable bonds is 9. The third-order valence-electron chi connectivity index (χ3n) is 4.58. The fourth-order valence-electron chi connectivity index (χ4n) is 3.36. The molecule has 3 aromatic rings. The number of hydrogen-bond donors (Lipinski definition) is 2. The standard InChI is InChI=1S/C22H25FN2O4S2/c1-14(2)25-31(27,28)13-16-8-5-4-7-15(16)11-24-22(26)21-17(12-29-3)20-18(23)9-6-10-19(20)30-21/h4-10,14,25H,11-13H2,1-3H3,(H,24,26). The highest BCUT2D eigenvalue weighted by Gasteiger charge is 2.21. The summed E-state index contributed by atoms with van der Waals surface area (Å²) in [6.45, 7) is 3.78. The van der Waals surface area contributed by atoms with Crippen LogP contribution >= 0.6 is 11.3 Å². The molecule has 0 radical (unpaired) electrons. The van der Waals surface area contributed by atoms with Gasteiger partial charge < -0.3 is 10.1 Å². The van der Waals surface area contributed by atoms with E-state index in [1.54, 1.807) is 50.2 Å². The molecule has 0 aliphatic carbocycles. The first-order valence-electron chi connectivity index (χ1n) is 9.75. The summed E-state index contributed by atoms with van der Waals surface area (Å²) in [6.07, 6.45) is 0. The largest absolute Gasteiger partial charge is 0.380 e. The van der Waals surface area contributed by atoms with E-state index in [2.05, 4.69) is 10.0 Å². The third kappa shape index (κ3) is 5.68. The number of ether oxygens (including phenoxy) is 1. The number of hydrogen-bond acceptors (Lipinski definition) is 5. The zero-order valence-electron chi connectivity index (χ0n) is 17.6. The number of thiophene rings is 1. The Morgan fingerprint density at radius 1 is 1.13 bits per heavy atom. The fraction of sp³-hybridized carbons (Fsp3) is 0.318. The molecule has 9 heteroatoms. The van der Waals surface area contributed by atoms with E-state index in [-0.39, 0.29) is 30.9 Å². The van der Waals surface area contributed by atoms with E-state index in [4.69, 9.17) is 4.74 Å². The van der Waals surface area contributed by atoms with Crippen molar-refractivity contribution in [1.82, 2.24) is 10.0 Å². The zero-order chi connectivity index (χ0) is 22.6. The minimum absolute atomic E-state index is 0.111. The normalized spacial score (nSPS) is 11.9. The maximum absolute atomic E-state index is 14.4. The molecule has 0 bridgehead atoms. The van der Waals surface area contributed by atoms with Crippen molar-refractivity contribution in [2.75, 3.05) is 7.11 Å². The molecule has 2 N–H and O–H groups in total. The number of nitrogens with one attached hydrogen (secondary N) is 2. The second-order valence-corrected chi connectivity index (χ2v) is 10.2. The van der Waals surface area contributed by atoms with Gasteiger partial charge in [0.15, 0.2) is 0 Å². The van der Waals surface area contributed by atoms with Gasteiger partial charge >= 0.3 is 0 Å². The monoisotopic (exact) mass is 464 g/mol. The second-order valence-electron chi connectivity index (χ2n) is 7.44. The van der Waals surface area contributed by atoms with E-state index in [0.29, 0.717) is 31.7 Å². The van der Waals surface area contributed by atoms with Crippen LogP contribution in [0.5, 0.6) is 0 Å². The lowest BCUT2D eigenvalue weighted by atomic mass is 10.1. The Morgan fingerprint density at radius 3 is 2.52 bits per heavy atom. The molecule has 1 heterocycles. The van der Waals surface area contributed by atoms with Gasteiger partial charge in [0.05, 0.1) is 17.2 Å². The Balaban J connectivity index is 1.82. The molecule has 6 nitrogen and oxygen atoms in total. The van der Waals surface area contributed by atoms with Crippen molar-refractivity contribution in [2.45, 2.75) is 38.8 Å². The number of amides is 1. The molecule has 31 heavy (non-hydrogen) atoms. The molecule has 0 saturated heterocycles. The minimum atomic E-state index is -3.50. The predicted octanol–water partition coefficient (Wildman–Crippen LogP) is 3.94. The summed E-state index contributed by atoms with van der Waals surface area (Å²) < 4.78 is 47.4. The molecule has 0 saturated carbocycles. The molecule has 0 unspecified atom stereocenters. The third-order valence-corrected chi connectivity index (χ3v) is 7.29. The Hall–Kier alpha value is -2.33. The van der Waals surface area contributed by atoms with E-state index in [1.807, 2.05) is 0 Å². The van der Waals surface area contributed by atoms with Gasteiger partial charge in [0.2, 0.25) is 10.0 Å². The number of benzene rings is 2. The Bertz CT molecular complexity index is 1190. The van der Waals surface area contributed by atoms with Crippen LogP contribution < -0.4 is 10.0 Å². The highest BCUT2D eigenvalue weighted by molar-refractivity contribution is 7.88. The fourth-order valence-corrected chi connectivity index (χ4v) is 6.00. The summed E-state index contributed by atoms with van der Waals surface area (Å²) >= 11 is 1.20. The lowest BCUT2D eigenvalue weighted by Gasteiger charge is -2.13. The Kier molecular flexibility index (Phi) is 7.42. The van der Waals surface area contributed by atoms with Crippen LogP contribution in [0.1, 0.15) is 40.2 Å². The lowest BCUT2D eigenvalue weighted by Crippen LogP contribution is -2.32. The molecule has 2 aromatic carbocycles. The van der Waals surface area contributed by atoms with Crippen molar-refractivity contribution in [2.24, 2.45) is 0 Å². The SMILES string of the molecule is COCc1c(C(=O)NCc2ccccc2CS(=O)(=O)NC(C)C)sc2cccc(F)c12. The zero-order valence-corrected chi connectivity index (χ0v) is 19.2. The van der Waals surface area contributed by atoms with Gasteiger partial charge in [0.1, 0.15) is 5.82 Å². The number of fused-ring (bicyclic) bond motifs is 1. The highest BCUT2D eigenvalue weighted by atomic mass is 32.2. The molecule has 0 spiro atoms. The highest BCUT2D eigenvalue weighted by Crippen LogP contribution is 2.33. The van der Waals surface area contributed by atoms with Gasteiger partial charge in [-0.2, -0.15) is 0 Å². The lowest BCUT2D eigenvalue weighted by molar-refractivity contribution is 0.0950. The van der Waals surface area contributed by atoms with E-state index in [1.165, 1.54) is 24.5 Å². The quantitative estimate of drug-likeness (QED) is 0.502. The molecule has 0 aliphatic rings. The molecule has 0 aliphatic heterocycles. The second kappa shape index (κ2) is 9.86. The van der Waals surface area contributed by atoms with Crippen LogP contribution in [0.25, 0.3) is 10.1 Å². The van der Waals surface area contributed by atoms with Gasteiger partial charge in [-0.25, -0.2) is 17.5 Å². The van der Waals surface area contributed by atoms with Gasteiger partial charge in [-0.15, -0.1) is 11.3 Å². The van der Waals surface area contributed by atoms with Gasteiger partial charge in [-0.05, 0) is 37.1 Å². The van der Waals surface area contributed by atoms with Crippen molar-refractivity contribution >= 4 is 37.4 Å². The summed E-state index contributed by atoms with van der Waals surface area (Å²) in [4.78, 5) is 13.3. The number of halogens is 1. The van der Waals surface area contributed by atoms with Gasteiger partial charge in [0.25, 0.3) is 5.91 Å². The average molecular weight is 465 g/mol. The van der Waals surface area contributed by atoms with Crippen LogP contribution in [0.15, 0.2) is 42.5 Å². The smallest absolute Gasteiger partial charge is 0.262 e. The average Bonchev–Trinajstić information content (AvgIpc) is 3.06. The van der Waals surface area contributed by atoms with Crippen LogP contribution in [-0.2, 0) is 33.7 Å². The van der Waals surface area contributed by atoms with Crippen molar-refractivity contribution in [3.63, 3.8) is 0 Å². The molecule has 1 aromatic heterocycles. The number of methoxy groups -OCH3 is 1. The van der Waals surface area contributed by atoms with Crippen molar-refractivity contribution in [3.8, 4) is 0 Å². The molecule has 3 rings (SSSR count).